The molecular weight excluding hydrogens is 138 g/mol. The molecule has 0 aromatic carbocycles. The van der Waals surface area contributed by atoms with Crippen molar-refractivity contribution in [3.63, 3.8) is 0 Å². The molecule has 3 nitrogen and oxygen atoms in total. The second-order valence-electron chi connectivity index (χ2n) is 3.18. The summed E-state index contributed by atoms with van der Waals surface area (Å²) in [6.45, 7) is 0. The molecule has 1 saturated carbocycles. The Morgan fingerprint density at radius 3 is 2.64 bits per heavy atom. The average Bonchev–Trinajstić information content (AvgIpc) is 2.52. The molecule has 0 aliphatic heterocycles. The quantitative estimate of drug-likeness (QED) is 0.468. The molecule has 0 aromatic heterocycles. The summed E-state index contributed by atoms with van der Waals surface area (Å²) in [4.78, 5) is 0. The van der Waals surface area contributed by atoms with E-state index in [2.05, 4.69) is 11.5 Å². The molecule has 3 N–H and O–H groups in total. The Labute approximate surface area is 67.5 Å². The molecule has 1 rings (SSSR count). The highest BCUT2D eigenvalue weighted by molar-refractivity contribution is 4.86. The first kappa shape index (κ1) is 8.51. The Balaban J connectivity index is 2.34. The Hall–Kier alpha value is -0.590. The van der Waals surface area contributed by atoms with Gasteiger partial charge >= 0.3 is 0 Å². The van der Waals surface area contributed by atoms with Gasteiger partial charge in [0.15, 0.2) is 0 Å². The zero-order chi connectivity index (χ0) is 8.10. The maximum absolute atomic E-state index is 8.48. The SMILES string of the molecule is N#CC[C@@H](NN)C1CCCC1. The van der Waals surface area contributed by atoms with Gasteiger partial charge in [-0.3, -0.25) is 11.3 Å². The van der Waals surface area contributed by atoms with Gasteiger partial charge in [-0.15, -0.1) is 0 Å². The molecule has 62 valence electrons. The van der Waals surface area contributed by atoms with E-state index < -0.39 is 0 Å². The lowest BCUT2D eigenvalue weighted by Gasteiger charge is -2.18. The highest BCUT2D eigenvalue weighted by Gasteiger charge is 2.23. The van der Waals surface area contributed by atoms with E-state index >= 15 is 0 Å². The van der Waals surface area contributed by atoms with Crippen molar-refractivity contribution in [3.05, 3.63) is 0 Å². The van der Waals surface area contributed by atoms with Gasteiger partial charge in [-0.05, 0) is 18.8 Å². The molecule has 3 heteroatoms. The van der Waals surface area contributed by atoms with Crippen molar-refractivity contribution in [2.75, 3.05) is 0 Å². The Morgan fingerprint density at radius 2 is 2.18 bits per heavy atom. The van der Waals surface area contributed by atoms with Crippen molar-refractivity contribution < 1.29 is 0 Å². The molecule has 0 amide bonds. The molecule has 0 heterocycles. The zero-order valence-electron chi connectivity index (χ0n) is 6.71. The van der Waals surface area contributed by atoms with Gasteiger partial charge < -0.3 is 0 Å². The molecule has 0 radical (unpaired) electrons. The molecular formula is C8H15N3. The smallest absolute Gasteiger partial charge is 0.0638 e. The van der Waals surface area contributed by atoms with Crippen molar-refractivity contribution in [2.45, 2.75) is 38.1 Å². The number of hydrogen-bond donors (Lipinski definition) is 2. The fourth-order valence-electron chi connectivity index (χ4n) is 1.82. The standard InChI is InChI=1S/C8H15N3/c9-6-5-8(11-10)7-3-1-2-4-7/h7-8,11H,1-5,10H2/t8-/m1/s1. The summed E-state index contributed by atoms with van der Waals surface area (Å²) < 4.78 is 0. The van der Waals surface area contributed by atoms with Gasteiger partial charge in [-0.1, -0.05) is 12.8 Å². The fraction of sp³-hybridized carbons (Fsp3) is 0.875. The lowest BCUT2D eigenvalue weighted by atomic mass is 9.97. The van der Waals surface area contributed by atoms with E-state index in [1.54, 1.807) is 0 Å². The molecule has 1 aliphatic rings. The Kier molecular flexibility index (Phi) is 3.34. The second kappa shape index (κ2) is 4.32. The van der Waals surface area contributed by atoms with E-state index in [0.29, 0.717) is 12.3 Å². The third kappa shape index (κ3) is 2.18. The van der Waals surface area contributed by atoms with Crippen LogP contribution < -0.4 is 11.3 Å². The van der Waals surface area contributed by atoms with Gasteiger partial charge in [0, 0.05) is 6.04 Å². The monoisotopic (exact) mass is 153 g/mol. The third-order valence-corrected chi connectivity index (χ3v) is 2.49. The molecule has 1 aliphatic carbocycles. The second-order valence-corrected chi connectivity index (χ2v) is 3.18. The Morgan fingerprint density at radius 1 is 1.55 bits per heavy atom. The van der Waals surface area contributed by atoms with Crippen molar-refractivity contribution in [1.29, 1.82) is 5.26 Å². The largest absolute Gasteiger partial charge is 0.271 e. The molecule has 1 fully saturated rings. The summed E-state index contributed by atoms with van der Waals surface area (Å²) in [6, 6.07) is 2.38. The maximum Gasteiger partial charge on any atom is 0.0638 e. The first-order valence-corrected chi connectivity index (χ1v) is 4.21. The van der Waals surface area contributed by atoms with Crippen molar-refractivity contribution in [1.82, 2.24) is 5.43 Å². The van der Waals surface area contributed by atoms with E-state index in [-0.39, 0.29) is 6.04 Å². The molecule has 0 aromatic rings. The summed E-state index contributed by atoms with van der Waals surface area (Å²) in [5.74, 6) is 5.98. The van der Waals surface area contributed by atoms with Gasteiger partial charge in [-0.25, -0.2) is 0 Å². The first-order chi connectivity index (χ1) is 5.38. The number of nitrogens with one attached hydrogen (secondary N) is 1. The zero-order valence-corrected chi connectivity index (χ0v) is 6.71. The molecule has 1 atom stereocenters. The van der Waals surface area contributed by atoms with Crippen LogP contribution in [0.3, 0.4) is 0 Å². The van der Waals surface area contributed by atoms with E-state index in [4.69, 9.17) is 11.1 Å². The summed E-state index contributed by atoms with van der Waals surface area (Å²) in [5.41, 5.74) is 2.72. The number of hydrazine groups is 1. The first-order valence-electron chi connectivity index (χ1n) is 4.21. The van der Waals surface area contributed by atoms with Crippen LogP contribution in [-0.2, 0) is 0 Å². The lowest BCUT2D eigenvalue weighted by molar-refractivity contribution is 0.368. The van der Waals surface area contributed by atoms with Gasteiger partial charge in [0.1, 0.15) is 0 Å². The minimum absolute atomic E-state index is 0.225. The minimum atomic E-state index is 0.225. The normalized spacial score (nSPS) is 21.5. The molecule has 0 spiro atoms. The van der Waals surface area contributed by atoms with Crippen LogP contribution in [0.5, 0.6) is 0 Å². The molecule has 0 bridgehead atoms. The van der Waals surface area contributed by atoms with Gasteiger partial charge in [0.05, 0.1) is 12.5 Å². The minimum Gasteiger partial charge on any atom is -0.271 e. The predicted molar refractivity (Wildman–Crippen MR) is 43.3 cm³/mol. The van der Waals surface area contributed by atoms with Crippen LogP contribution in [0.25, 0.3) is 0 Å². The van der Waals surface area contributed by atoms with Crippen molar-refractivity contribution in [3.8, 4) is 6.07 Å². The van der Waals surface area contributed by atoms with Gasteiger partial charge in [0.2, 0.25) is 0 Å². The average molecular weight is 153 g/mol. The van der Waals surface area contributed by atoms with Crippen LogP contribution in [-0.4, -0.2) is 6.04 Å². The van der Waals surface area contributed by atoms with E-state index in [1.807, 2.05) is 0 Å². The summed E-state index contributed by atoms with van der Waals surface area (Å²) in [7, 11) is 0. The van der Waals surface area contributed by atoms with Crippen LogP contribution in [0, 0.1) is 17.2 Å². The number of rotatable bonds is 3. The maximum atomic E-state index is 8.48. The van der Waals surface area contributed by atoms with Gasteiger partial charge in [0.25, 0.3) is 0 Å². The number of nitrogens with two attached hydrogens (primary N) is 1. The van der Waals surface area contributed by atoms with Crippen molar-refractivity contribution >= 4 is 0 Å². The third-order valence-electron chi connectivity index (χ3n) is 2.49. The molecule has 11 heavy (non-hydrogen) atoms. The highest BCUT2D eigenvalue weighted by Crippen LogP contribution is 2.28. The summed E-state index contributed by atoms with van der Waals surface area (Å²) in [5, 5.41) is 8.48. The van der Waals surface area contributed by atoms with Gasteiger partial charge in [-0.2, -0.15) is 5.26 Å². The number of nitrogens with zero attached hydrogens (tertiary/aromatic N) is 1. The summed E-state index contributed by atoms with van der Waals surface area (Å²) in [6.07, 6.45) is 5.61. The van der Waals surface area contributed by atoms with E-state index in [1.165, 1.54) is 25.7 Å². The van der Waals surface area contributed by atoms with Crippen LogP contribution >= 0.6 is 0 Å². The topological polar surface area (TPSA) is 61.8 Å². The van der Waals surface area contributed by atoms with Crippen LogP contribution in [0.1, 0.15) is 32.1 Å². The number of nitriles is 1. The molecule has 0 unspecified atom stereocenters. The van der Waals surface area contributed by atoms with Crippen LogP contribution in [0.4, 0.5) is 0 Å². The van der Waals surface area contributed by atoms with Crippen molar-refractivity contribution in [2.24, 2.45) is 11.8 Å². The molecule has 0 saturated heterocycles. The van der Waals surface area contributed by atoms with E-state index in [9.17, 15) is 0 Å². The lowest BCUT2D eigenvalue weighted by Crippen LogP contribution is -2.39. The number of hydrogen-bond acceptors (Lipinski definition) is 3. The van der Waals surface area contributed by atoms with Crippen LogP contribution in [0.2, 0.25) is 0 Å². The predicted octanol–water partition coefficient (Wildman–Crippen LogP) is 0.922. The Bertz CT molecular complexity index is 144. The highest BCUT2D eigenvalue weighted by atomic mass is 15.2. The summed E-state index contributed by atoms with van der Waals surface area (Å²) >= 11 is 0. The van der Waals surface area contributed by atoms with E-state index in [0.717, 1.165) is 0 Å². The fourth-order valence-corrected chi connectivity index (χ4v) is 1.82. The van der Waals surface area contributed by atoms with Crippen LogP contribution in [0.15, 0.2) is 0 Å².